The van der Waals surface area contributed by atoms with Crippen LogP contribution in [0.4, 0.5) is 0 Å². The van der Waals surface area contributed by atoms with Crippen molar-refractivity contribution in [3.05, 3.63) is 42.1 Å². The second-order valence-electron chi connectivity index (χ2n) is 5.03. The van der Waals surface area contributed by atoms with E-state index in [4.69, 9.17) is 0 Å². The van der Waals surface area contributed by atoms with Crippen LogP contribution in [0, 0.1) is 0 Å². The summed E-state index contributed by atoms with van der Waals surface area (Å²) < 4.78 is 0. The zero-order valence-electron chi connectivity index (χ0n) is 11.7. The van der Waals surface area contributed by atoms with Crippen molar-refractivity contribution in [1.29, 1.82) is 0 Å². The lowest BCUT2D eigenvalue weighted by molar-refractivity contribution is 0.317. The van der Waals surface area contributed by atoms with Crippen molar-refractivity contribution in [1.82, 2.24) is 10.2 Å². The van der Waals surface area contributed by atoms with E-state index in [9.17, 15) is 5.11 Å². The van der Waals surface area contributed by atoms with Crippen molar-refractivity contribution in [2.24, 2.45) is 4.99 Å². The van der Waals surface area contributed by atoms with Gasteiger partial charge in [-0.25, -0.2) is 4.99 Å². The number of hydrogen-bond acceptors (Lipinski definition) is 4. The molecule has 2 rings (SSSR count). The molecule has 0 spiro atoms. The third-order valence-corrected chi connectivity index (χ3v) is 3.26. The Kier molecular flexibility index (Phi) is 4.10. The highest BCUT2D eigenvalue weighted by Gasteiger charge is 2.13. The van der Waals surface area contributed by atoms with E-state index >= 15 is 0 Å². The topological polar surface area (TPSA) is 47.9 Å². The number of aromatic hydroxyl groups is 1. The molecule has 0 saturated carbocycles. The van der Waals surface area contributed by atoms with Crippen molar-refractivity contribution >= 4 is 5.84 Å². The molecule has 0 aliphatic carbocycles. The molecule has 4 nitrogen and oxygen atoms in total. The van der Waals surface area contributed by atoms with Crippen LogP contribution in [-0.2, 0) is 0 Å². The molecule has 2 N–H and O–H groups in total. The summed E-state index contributed by atoms with van der Waals surface area (Å²) in [7, 11) is 0. The van der Waals surface area contributed by atoms with Crippen molar-refractivity contribution in [3.8, 4) is 5.75 Å². The molecule has 0 bridgehead atoms. The number of phenols is 1. The highest BCUT2D eigenvalue weighted by molar-refractivity contribution is 5.93. The lowest BCUT2D eigenvalue weighted by Crippen LogP contribution is -2.33. The van der Waals surface area contributed by atoms with E-state index in [1.165, 1.54) is 0 Å². The lowest BCUT2D eigenvalue weighted by atomic mass is 10.1. The van der Waals surface area contributed by atoms with Gasteiger partial charge in [-0.3, -0.25) is 0 Å². The highest BCUT2D eigenvalue weighted by Crippen LogP contribution is 2.23. The molecule has 0 fully saturated rings. The fourth-order valence-electron chi connectivity index (χ4n) is 2.01. The molecule has 1 atom stereocenters. The zero-order valence-corrected chi connectivity index (χ0v) is 11.7. The summed E-state index contributed by atoms with van der Waals surface area (Å²) in [6.45, 7) is 6.97. The predicted octanol–water partition coefficient (Wildman–Crippen LogP) is 2.64. The Morgan fingerprint density at radius 1 is 1.26 bits per heavy atom. The third-order valence-electron chi connectivity index (χ3n) is 3.26. The molecule has 1 aromatic carbocycles. The molecule has 1 aliphatic heterocycles. The number of phenolic OH excluding ortho intramolecular Hbond substituents is 1. The summed E-state index contributed by atoms with van der Waals surface area (Å²) in [4.78, 5) is 6.65. The zero-order chi connectivity index (χ0) is 13.8. The molecule has 19 heavy (non-hydrogen) atoms. The van der Waals surface area contributed by atoms with Crippen LogP contribution in [0.1, 0.15) is 32.4 Å². The average Bonchev–Trinajstić information content (AvgIpc) is 2.39. The van der Waals surface area contributed by atoms with Gasteiger partial charge in [-0.2, -0.15) is 0 Å². The van der Waals surface area contributed by atoms with Gasteiger partial charge in [0.05, 0.1) is 6.04 Å². The largest absolute Gasteiger partial charge is 0.508 e. The van der Waals surface area contributed by atoms with E-state index in [0.29, 0.717) is 18.5 Å². The molecule has 4 heteroatoms. The number of para-hydroxylation sites is 1. The molecular weight excluding hydrogens is 238 g/mol. The molecule has 1 aromatic rings. The van der Waals surface area contributed by atoms with Gasteiger partial charge in [0.25, 0.3) is 0 Å². The summed E-state index contributed by atoms with van der Waals surface area (Å²) in [5.41, 5.74) is 0.880. The monoisotopic (exact) mass is 259 g/mol. The smallest absolute Gasteiger partial charge is 0.124 e. The summed E-state index contributed by atoms with van der Waals surface area (Å²) in [5, 5.41) is 13.1. The summed E-state index contributed by atoms with van der Waals surface area (Å²) in [6.07, 6.45) is 4.03. The van der Waals surface area contributed by atoms with Crippen molar-refractivity contribution in [3.63, 3.8) is 0 Å². The second-order valence-corrected chi connectivity index (χ2v) is 5.03. The maximum absolute atomic E-state index is 9.82. The second kappa shape index (κ2) is 5.78. The minimum absolute atomic E-state index is 0.0233. The standard InChI is InChI=1S/C15H21N3O/c1-11(2)18-9-8-15(16-10-18)17-12(3)13-6-4-5-7-14(13)19/h4-9,11-12,19H,10H2,1-3H3,(H,16,17). The van der Waals surface area contributed by atoms with Crippen molar-refractivity contribution in [2.45, 2.75) is 32.9 Å². The van der Waals surface area contributed by atoms with E-state index in [1.54, 1.807) is 6.07 Å². The van der Waals surface area contributed by atoms with Gasteiger partial charge in [0.1, 0.15) is 18.3 Å². The number of nitrogens with zero attached hydrogens (tertiary/aromatic N) is 2. The highest BCUT2D eigenvalue weighted by atomic mass is 16.3. The van der Waals surface area contributed by atoms with Gasteiger partial charge < -0.3 is 15.3 Å². The number of aliphatic imine (C=N–C) groups is 1. The number of rotatable bonds is 3. The normalized spacial score (nSPS) is 16.4. The van der Waals surface area contributed by atoms with Crippen LogP contribution < -0.4 is 5.32 Å². The van der Waals surface area contributed by atoms with Gasteiger partial charge in [0, 0.05) is 17.8 Å². The Morgan fingerprint density at radius 3 is 2.58 bits per heavy atom. The van der Waals surface area contributed by atoms with Gasteiger partial charge >= 0.3 is 0 Å². The Morgan fingerprint density at radius 2 is 2.00 bits per heavy atom. The Balaban J connectivity index is 2.00. The van der Waals surface area contributed by atoms with Gasteiger partial charge in [-0.05, 0) is 32.9 Å². The third kappa shape index (κ3) is 3.28. The van der Waals surface area contributed by atoms with Crippen molar-refractivity contribution in [2.75, 3.05) is 6.67 Å². The molecule has 1 heterocycles. The fourth-order valence-corrected chi connectivity index (χ4v) is 2.01. The van der Waals surface area contributed by atoms with Crippen LogP contribution in [0.25, 0.3) is 0 Å². The Labute approximate surface area is 114 Å². The molecule has 0 aromatic heterocycles. The first-order valence-corrected chi connectivity index (χ1v) is 6.60. The van der Waals surface area contributed by atoms with E-state index in [1.807, 2.05) is 31.2 Å². The van der Waals surface area contributed by atoms with E-state index in [0.717, 1.165) is 11.4 Å². The summed E-state index contributed by atoms with van der Waals surface area (Å²) in [6, 6.07) is 7.84. The molecular formula is C15H21N3O. The SMILES string of the molecule is CC(NC1=NCN(C(C)C)C=C1)c1ccccc1O. The van der Waals surface area contributed by atoms with Gasteiger partial charge in [-0.15, -0.1) is 0 Å². The van der Waals surface area contributed by atoms with Gasteiger partial charge in [0.2, 0.25) is 0 Å². The molecule has 0 amide bonds. The molecule has 102 valence electrons. The van der Waals surface area contributed by atoms with Crippen LogP contribution in [-0.4, -0.2) is 28.6 Å². The van der Waals surface area contributed by atoms with E-state index in [2.05, 4.69) is 35.3 Å². The Hall–Kier alpha value is -1.97. The Bertz CT molecular complexity index is 494. The number of benzene rings is 1. The van der Waals surface area contributed by atoms with Crippen LogP contribution in [0.15, 0.2) is 41.5 Å². The molecule has 1 unspecified atom stereocenters. The first kappa shape index (κ1) is 13.5. The van der Waals surface area contributed by atoms with Crippen LogP contribution in [0.2, 0.25) is 0 Å². The first-order chi connectivity index (χ1) is 9.08. The van der Waals surface area contributed by atoms with E-state index < -0.39 is 0 Å². The number of hydrogen-bond donors (Lipinski definition) is 2. The molecule has 1 aliphatic rings. The first-order valence-electron chi connectivity index (χ1n) is 6.60. The molecule has 0 radical (unpaired) electrons. The maximum Gasteiger partial charge on any atom is 0.124 e. The average molecular weight is 259 g/mol. The van der Waals surface area contributed by atoms with E-state index in [-0.39, 0.29) is 6.04 Å². The fraction of sp³-hybridized carbons (Fsp3) is 0.400. The minimum Gasteiger partial charge on any atom is -0.508 e. The number of amidine groups is 1. The predicted molar refractivity (Wildman–Crippen MR) is 78.1 cm³/mol. The lowest BCUT2D eigenvalue weighted by Gasteiger charge is -2.27. The van der Waals surface area contributed by atoms with Crippen LogP contribution in [0.5, 0.6) is 5.75 Å². The quantitative estimate of drug-likeness (QED) is 0.877. The summed E-state index contributed by atoms with van der Waals surface area (Å²) in [5.74, 6) is 1.17. The van der Waals surface area contributed by atoms with Crippen LogP contribution >= 0.6 is 0 Å². The van der Waals surface area contributed by atoms with Crippen molar-refractivity contribution < 1.29 is 5.11 Å². The van der Waals surface area contributed by atoms with Gasteiger partial charge in [0.15, 0.2) is 0 Å². The maximum atomic E-state index is 9.82. The minimum atomic E-state index is 0.0233. The summed E-state index contributed by atoms with van der Waals surface area (Å²) >= 11 is 0. The van der Waals surface area contributed by atoms with Crippen LogP contribution in [0.3, 0.4) is 0 Å². The van der Waals surface area contributed by atoms with Gasteiger partial charge in [-0.1, -0.05) is 18.2 Å². The molecule has 0 saturated heterocycles. The number of nitrogens with one attached hydrogen (secondary N) is 1.